The number of aryl methyl sites for hydroxylation is 1. The standard InChI is InChI=1S/C17H19N3/c1-2-6-16-13-17(8-7-15(16)5-1)19-9-3-4-11-20-12-10-18-14-20/h1-2,5-8,10,12-14,19H,3-4,9,11H2. The summed E-state index contributed by atoms with van der Waals surface area (Å²) in [4.78, 5) is 4.04. The normalized spacial score (nSPS) is 10.8. The molecular weight excluding hydrogens is 246 g/mol. The van der Waals surface area contributed by atoms with Gasteiger partial charge in [0.15, 0.2) is 0 Å². The molecule has 0 fully saturated rings. The Hall–Kier alpha value is -2.29. The molecule has 102 valence electrons. The molecule has 2 aromatic carbocycles. The van der Waals surface area contributed by atoms with Crippen molar-refractivity contribution in [1.82, 2.24) is 9.55 Å². The molecule has 0 bridgehead atoms. The van der Waals surface area contributed by atoms with Crippen LogP contribution in [-0.4, -0.2) is 16.1 Å². The summed E-state index contributed by atoms with van der Waals surface area (Å²) in [5.41, 5.74) is 1.20. The molecule has 0 atom stereocenters. The highest BCUT2D eigenvalue weighted by atomic mass is 15.0. The third kappa shape index (κ3) is 3.18. The number of aromatic nitrogens is 2. The number of unbranched alkanes of at least 4 members (excludes halogenated alkanes) is 1. The molecule has 1 N–H and O–H groups in total. The SMILES string of the molecule is c1ccc2cc(NCCCCn3ccnc3)ccc2c1. The lowest BCUT2D eigenvalue weighted by Crippen LogP contribution is -2.03. The zero-order valence-corrected chi connectivity index (χ0v) is 11.5. The van der Waals surface area contributed by atoms with E-state index >= 15 is 0 Å². The first-order valence-corrected chi connectivity index (χ1v) is 7.10. The second kappa shape index (κ2) is 6.24. The smallest absolute Gasteiger partial charge is 0.0945 e. The highest BCUT2D eigenvalue weighted by Crippen LogP contribution is 2.18. The van der Waals surface area contributed by atoms with Crippen LogP contribution in [-0.2, 0) is 6.54 Å². The van der Waals surface area contributed by atoms with Crippen molar-refractivity contribution in [3.63, 3.8) is 0 Å². The van der Waals surface area contributed by atoms with Crippen LogP contribution in [0.4, 0.5) is 5.69 Å². The van der Waals surface area contributed by atoms with Crippen LogP contribution in [0, 0.1) is 0 Å². The van der Waals surface area contributed by atoms with Gasteiger partial charge >= 0.3 is 0 Å². The molecule has 0 aliphatic heterocycles. The summed E-state index contributed by atoms with van der Waals surface area (Å²) in [6, 6.07) is 15.0. The van der Waals surface area contributed by atoms with E-state index < -0.39 is 0 Å². The van der Waals surface area contributed by atoms with E-state index in [-0.39, 0.29) is 0 Å². The average molecular weight is 265 g/mol. The molecule has 0 saturated heterocycles. The van der Waals surface area contributed by atoms with Crippen LogP contribution in [0.5, 0.6) is 0 Å². The van der Waals surface area contributed by atoms with Gasteiger partial charge < -0.3 is 9.88 Å². The van der Waals surface area contributed by atoms with Crippen molar-refractivity contribution in [2.24, 2.45) is 0 Å². The minimum absolute atomic E-state index is 1.01. The van der Waals surface area contributed by atoms with E-state index in [1.807, 2.05) is 18.7 Å². The van der Waals surface area contributed by atoms with Gasteiger partial charge in [0.05, 0.1) is 6.33 Å². The van der Waals surface area contributed by atoms with Crippen molar-refractivity contribution < 1.29 is 0 Å². The molecule has 0 saturated carbocycles. The number of hydrogen-bond acceptors (Lipinski definition) is 2. The van der Waals surface area contributed by atoms with Gasteiger partial charge in [-0.1, -0.05) is 30.3 Å². The highest BCUT2D eigenvalue weighted by Gasteiger charge is 1.96. The van der Waals surface area contributed by atoms with Crippen LogP contribution in [0.15, 0.2) is 61.2 Å². The predicted molar refractivity (Wildman–Crippen MR) is 83.9 cm³/mol. The van der Waals surface area contributed by atoms with Gasteiger partial charge in [-0.3, -0.25) is 0 Å². The number of nitrogens with zero attached hydrogens (tertiary/aromatic N) is 2. The van der Waals surface area contributed by atoms with Gasteiger partial charge in [0.25, 0.3) is 0 Å². The Morgan fingerprint density at radius 1 is 1.00 bits per heavy atom. The fraction of sp³-hybridized carbons (Fsp3) is 0.235. The predicted octanol–water partition coefficient (Wildman–Crippen LogP) is 3.93. The summed E-state index contributed by atoms with van der Waals surface area (Å²) in [6.45, 7) is 2.05. The van der Waals surface area contributed by atoms with Gasteiger partial charge in [0.2, 0.25) is 0 Å². The molecule has 1 heterocycles. The molecule has 0 radical (unpaired) electrons. The van der Waals surface area contributed by atoms with Crippen LogP contribution >= 0.6 is 0 Å². The molecule has 0 spiro atoms. The minimum atomic E-state index is 1.01. The van der Waals surface area contributed by atoms with Gasteiger partial charge in [0.1, 0.15) is 0 Å². The average Bonchev–Trinajstić information content (AvgIpc) is 3.00. The highest BCUT2D eigenvalue weighted by molar-refractivity contribution is 5.85. The lowest BCUT2D eigenvalue weighted by molar-refractivity contribution is 0.621. The first-order valence-electron chi connectivity index (χ1n) is 7.10. The van der Waals surface area contributed by atoms with Crippen molar-refractivity contribution in [3.8, 4) is 0 Å². The first-order chi connectivity index (χ1) is 9.92. The Labute approximate surface area is 119 Å². The van der Waals surface area contributed by atoms with Crippen molar-refractivity contribution >= 4 is 16.5 Å². The van der Waals surface area contributed by atoms with Crippen molar-refractivity contribution in [1.29, 1.82) is 0 Å². The molecule has 0 unspecified atom stereocenters. The summed E-state index contributed by atoms with van der Waals surface area (Å²) in [7, 11) is 0. The Bertz CT molecular complexity index is 659. The topological polar surface area (TPSA) is 29.9 Å². The first kappa shape index (κ1) is 12.7. The Kier molecular flexibility index (Phi) is 3.97. The van der Waals surface area contributed by atoms with Crippen molar-refractivity contribution in [2.75, 3.05) is 11.9 Å². The molecule has 0 aliphatic carbocycles. The summed E-state index contributed by atoms with van der Waals surface area (Å²) >= 11 is 0. The van der Waals surface area contributed by atoms with Crippen molar-refractivity contribution in [3.05, 3.63) is 61.2 Å². The maximum Gasteiger partial charge on any atom is 0.0945 e. The number of fused-ring (bicyclic) bond motifs is 1. The molecule has 3 aromatic rings. The Morgan fingerprint density at radius 3 is 2.75 bits per heavy atom. The fourth-order valence-corrected chi connectivity index (χ4v) is 2.37. The van der Waals surface area contributed by atoms with Gasteiger partial charge in [-0.15, -0.1) is 0 Å². The maximum atomic E-state index is 4.04. The van der Waals surface area contributed by atoms with Crippen LogP contribution in [0.2, 0.25) is 0 Å². The largest absolute Gasteiger partial charge is 0.385 e. The molecule has 0 amide bonds. The Morgan fingerprint density at radius 2 is 1.90 bits per heavy atom. The fourth-order valence-electron chi connectivity index (χ4n) is 2.37. The van der Waals surface area contributed by atoms with Crippen LogP contribution < -0.4 is 5.32 Å². The third-order valence-corrected chi connectivity index (χ3v) is 3.48. The summed E-state index contributed by atoms with van der Waals surface area (Å²) < 4.78 is 2.12. The number of anilines is 1. The molecule has 20 heavy (non-hydrogen) atoms. The van der Waals surface area contributed by atoms with Crippen LogP contribution in [0.25, 0.3) is 10.8 Å². The van der Waals surface area contributed by atoms with E-state index in [2.05, 4.69) is 57.3 Å². The monoisotopic (exact) mass is 265 g/mol. The maximum absolute atomic E-state index is 4.04. The second-order valence-electron chi connectivity index (χ2n) is 5.00. The zero-order valence-electron chi connectivity index (χ0n) is 11.5. The van der Waals surface area contributed by atoms with Crippen molar-refractivity contribution in [2.45, 2.75) is 19.4 Å². The number of rotatable bonds is 6. The molecule has 3 heteroatoms. The molecule has 0 aliphatic rings. The van der Waals surface area contributed by atoms with E-state index in [0.29, 0.717) is 0 Å². The number of imidazole rings is 1. The van der Waals surface area contributed by atoms with E-state index in [9.17, 15) is 0 Å². The molecular formula is C17H19N3. The van der Waals surface area contributed by atoms with Gasteiger partial charge in [-0.2, -0.15) is 0 Å². The second-order valence-corrected chi connectivity index (χ2v) is 5.00. The zero-order chi connectivity index (χ0) is 13.6. The quantitative estimate of drug-likeness (QED) is 0.684. The number of nitrogens with one attached hydrogen (secondary N) is 1. The van der Waals surface area contributed by atoms with Gasteiger partial charge in [-0.05, 0) is 35.7 Å². The molecule has 1 aromatic heterocycles. The van der Waals surface area contributed by atoms with E-state index in [1.165, 1.54) is 16.5 Å². The van der Waals surface area contributed by atoms with Crippen LogP contribution in [0.3, 0.4) is 0 Å². The van der Waals surface area contributed by atoms with E-state index in [1.54, 1.807) is 0 Å². The lowest BCUT2D eigenvalue weighted by Gasteiger charge is -2.08. The summed E-state index contributed by atoms with van der Waals surface area (Å²) in [6.07, 6.45) is 8.03. The minimum Gasteiger partial charge on any atom is -0.385 e. The lowest BCUT2D eigenvalue weighted by atomic mass is 10.1. The molecule has 3 rings (SSSR count). The van der Waals surface area contributed by atoms with Gasteiger partial charge in [-0.25, -0.2) is 4.98 Å². The Balaban J connectivity index is 1.47. The molecule has 3 nitrogen and oxygen atoms in total. The number of hydrogen-bond donors (Lipinski definition) is 1. The van der Waals surface area contributed by atoms with Crippen LogP contribution in [0.1, 0.15) is 12.8 Å². The van der Waals surface area contributed by atoms with Gasteiger partial charge in [0, 0.05) is 31.2 Å². The van der Waals surface area contributed by atoms with E-state index in [0.717, 1.165) is 25.9 Å². The summed E-state index contributed by atoms with van der Waals surface area (Å²) in [5.74, 6) is 0. The number of benzene rings is 2. The summed E-state index contributed by atoms with van der Waals surface area (Å²) in [5, 5.41) is 6.07. The van der Waals surface area contributed by atoms with E-state index in [4.69, 9.17) is 0 Å². The third-order valence-electron chi connectivity index (χ3n) is 3.48.